The summed E-state index contributed by atoms with van der Waals surface area (Å²) in [7, 11) is 1.82. The Hall–Kier alpha value is -1.30. The molecule has 1 saturated heterocycles. The van der Waals surface area contributed by atoms with Crippen molar-refractivity contribution in [2.75, 3.05) is 33.3 Å². The summed E-state index contributed by atoms with van der Waals surface area (Å²) in [6.45, 7) is 2.14. The standard InChI is InChI=1S/C13H22N2O4/c1-14(8-10-3-2-4-10)13(18)15-5-6-19-11(9-15)7-12(16)17/h10-11H,2-9H2,1H3,(H,16,17). The molecule has 1 atom stereocenters. The Balaban J connectivity index is 1.81. The molecular weight excluding hydrogens is 248 g/mol. The third kappa shape index (κ3) is 3.83. The molecule has 1 aliphatic heterocycles. The molecule has 0 aromatic carbocycles. The number of hydrogen-bond acceptors (Lipinski definition) is 3. The van der Waals surface area contributed by atoms with Gasteiger partial charge in [-0.15, -0.1) is 0 Å². The summed E-state index contributed by atoms with van der Waals surface area (Å²) in [5.74, 6) is -0.244. The minimum atomic E-state index is -0.887. The van der Waals surface area contributed by atoms with Crippen molar-refractivity contribution >= 4 is 12.0 Å². The second-order valence-corrected chi connectivity index (χ2v) is 5.50. The van der Waals surface area contributed by atoms with Gasteiger partial charge in [-0.1, -0.05) is 6.42 Å². The van der Waals surface area contributed by atoms with Crippen LogP contribution < -0.4 is 0 Å². The van der Waals surface area contributed by atoms with Crippen LogP contribution in [0.5, 0.6) is 0 Å². The lowest BCUT2D eigenvalue weighted by molar-refractivity contribution is -0.141. The van der Waals surface area contributed by atoms with E-state index in [1.165, 1.54) is 19.3 Å². The lowest BCUT2D eigenvalue weighted by atomic mass is 9.85. The Morgan fingerprint density at radius 1 is 1.42 bits per heavy atom. The van der Waals surface area contributed by atoms with Crippen LogP contribution in [0.25, 0.3) is 0 Å². The highest BCUT2D eigenvalue weighted by Gasteiger charge is 2.29. The fourth-order valence-corrected chi connectivity index (χ4v) is 2.59. The number of carbonyl (C=O) groups is 2. The lowest BCUT2D eigenvalue weighted by Gasteiger charge is -2.37. The topological polar surface area (TPSA) is 70.1 Å². The predicted molar refractivity (Wildman–Crippen MR) is 68.9 cm³/mol. The van der Waals surface area contributed by atoms with Gasteiger partial charge in [0, 0.05) is 26.7 Å². The van der Waals surface area contributed by atoms with Crippen molar-refractivity contribution in [2.45, 2.75) is 31.8 Å². The first-order chi connectivity index (χ1) is 9.06. The maximum Gasteiger partial charge on any atom is 0.319 e. The van der Waals surface area contributed by atoms with Gasteiger partial charge in [-0.2, -0.15) is 0 Å². The molecule has 1 unspecified atom stereocenters. The van der Waals surface area contributed by atoms with Crippen LogP contribution in [0.1, 0.15) is 25.7 Å². The van der Waals surface area contributed by atoms with Gasteiger partial charge >= 0.3 is 12.0 Å². The van der Waals surface area contributed by atoms with Crippen molar-refractivity contribution in [2.24, 2.45) is 5.92 Å². The van der Waals surface area contributed by atoms with Gasteiger partial charge in [-0.3, -0.25) is 4.79 Å². The molecule has 19 heavy (non-hydrogen) atoms. The molecule has 0 spiro atoms. The third-order valence-corrected chi connectivity index (χ3v) is 3.89. The van der Waals surface area contributed by atoms with E-state index in [9.17, 15) is 9.59 Å². The van der Waals surface area contributed by atoms with Gasteiger partial charge in [0.1, 0.15) is 0 Å². The molecule has 1 N–H and O–H groups in total. The minimum absolute atomic E-state index is 0.00871. The molecule has 2 aliphatic rings. The summed E-state index contributed by atoms with van der Waals surface area (Å²) in [4.78, 5) is 26.4. The molecule has 0 radical (unpaired) electrons. The highest BCUT2D eigenvalue weighted by atomic mass is 16.5. The molecule has 1 aliphatic carbocycles. The number of rotatable bonds is 4. The average molecular weight is 270 g/mol. The highest BCUT2D eigenvalue weighted by Crippen LogP contribution is 2.27. The summed E-state index contributed by atoms with van der Waals surface area (Å²) >= 11 is 0. The smallest absolute Gasteiger partial charge is 0.319 e. The number of aliphatic carboxylic acids is 1. The zero-order chi connectivity index (χ0) is 13.8. The Morgan fingerprint density at radius 2 is 2.16 bits per heavy atom. The van der Waals surface area contributed by atoms with E-state index in [4.69, 9.17) is 9.84 Å². The second kappa shape index (κ2) is 6.23. The highest BCUT2D eigenvalue weighted by molar-refractivity contribution is 5.74. The first-order valence-corrected chi connectivity index (χ1v) is 6.89. The molecule has 2 rings (SSSR count). The molecule has 1 saturated carbocycles. The fourth-order valence-electron chi connectivity index (χ4n) is 2.59. The molecule has 108 valence electrons. The Labute approximate surface area is 113 Å². The number of amides is 2. The molecule has 0 aromatic rings. The van der Waals surface area contributed by atoms with E-state index < -0.39 is 5.97 Å². The van der Waals surface area contributed by atoms with Crippen molar-refractivity contribution in [1.82, 2.24) is 9.80 Å². The monoisotopic (exact) mass is 270 g/mol. The van der Waals surface area contributed by atoms with Gasteiger partial charge in [0.2, 0.25) is 0 Å². The molecule has 6 nitrogen and oxygen atoms in total. The number of urea groups is 1. The van der Waals surface area contributed by atoms with Crippen LogP contribution in [0, 0.1) is 5.92 Å². The molecule has 2 fully saturated rings. The number of morpholine rings is 1. The summed E-state index contributed by atoms with van der Waals surface area (Å²) in [5, 5.41) is 8.76. The van der Waals surface area contributed by atoms with Crippen LogP contribution in [0.3, 0.4) is 0 Å². The number of carboxylic acid groups (broad SMARTS) is 1. The summed E-state index contributed by atoms with van der Waals surface area (Å²) in [6.07, 6.45) is 3.26. The second-order valence-electron chi connectivity index (χ2n) is 5.50. The van der Waals surface area contributed by atoms with E-state index >= 15 is 0 Å². The van der Waals surface area contributed by atoms with Crippen LogP contribution in [-0.2, 0) is 9.53 Å². The van der Waals surface area contributed by atoms with Crippen LogP contribution in [-0.4, -0.2) is 66.3 Å². The van der Waals surface area contributed by atoms with Gasteiger partial charge < -0.3 is 19.6 Å². The Bertz CT molecular complexity index is 344. The van der Waals surface area contributed by atoms with Gasteiger partial charge in [0.05, 0.1) is 19.1 Å². The summed E-state index contributed by atoms with van der Waals surface area (Å²) < 4.78 is 5.37. The molecule has 2 amide bonds. The largest absolute Gasteiger partial charge is 0.481 e. The number of carbonyl (C=O) groups excluding carboxylic acids is 1. The van der Waals surface area contributed by atoms with Gasteiger partial charge in [-0.05, 0) is 18.8 Å². The third-order valence-electron chi connectivity index (χ3n) is 3.89. The Morgan fingerprint density at radius 3 is 2.74 bits per heavy atom. The molecule has 1 heterocycles. The van der Waals surface area contributed by atoms with E-state index in [1.807, 2.05) is 7.05 Å². The van der Waals surface area contributed by atoms with Crippen LogP contribution >= 0.6 is 0 Å². The quantitative estimate of drug-likeness (QED) is 0.828. The van der Waals surface area contributed by atoms with Gasteiger partial charge in [0.25, 0.3) is 0 Å². The first-order valence-electron chi connectivity index (χ1n) is 6.89. The molecule has 0 aromatic heterocycles. The van der Waals surface area contributed by atoms with Crippen LogP contribution in [0.4, 0.5) is 4.79 Å². The fraction of sp³-hybridized carbons (Fsp3) is 0.846. The lowest BCUT2D eigenvalue weighted by Crippen LogP contribution is -2.51. The van der Waals surface area contributed by atoms with Crippen molar-refractivity contribution in [3.8, 4) is 0 Å². The predicted octanol–water partition coefficient (Wildman–Crippen LogP) is 1.01. The minimum Gasteiger partial charge on any atom is -0.481 e. The van der Waals surface area contributed by atoms with Crippen LogP contribution in [0.15, 0.2) is 0 Å². The van der Waals surface area contributed by atoms with Crippen molar-refractivity contribution in [3.63, 3.8) is 0 Å². The number of hydrogen-bond donors (Lipinski definition) is 1. The molecule has 0 bridgehead atoms. The average Bonchev–Trinajstić information content (AvgIpc) is 2.32. The van der Waals surface area contributed by atoms with E-state index in [0.29, 0.717) is 25.6 Å². The normalized spacial score (nSPS) is 23.8. The van der Waals surface area contributed by atoms with Crippen LogP contribution in [0.2, 0.25) is 0 Å². The molecule has 6 heteroatoms. The van der Waals surface area contributed by atoms with Crippen molar-refractivity contribution in [1.29, 1.82) is 0 Å². The molecular formula is C13H22N2O4. The summed E-state index contributed by atoms with van der Waals surface area (Å²) in [5.41, 5.74) is 0. The first kappa shape index (κ1) is 14.1. The zero-order valence-electron chi connectivity index (χ0n) is 11.4. The van der Waals surface area contributed by atoms with Crippen molar-refractivity contribution in [3.05, 3.63) is 0 Å². The zero-order valence-corrected chi connectivity index (χ0v) is 11.4. The SMILES string of the molecule is CN(CC1CCC1)C(=O)N1CCOC(CC(=O)O)C1. The van der Waals surface area contributed by atoms with E-state index in [1.54, 1.807) is 9.80 Å². The van der Waals surface area contributed by atoms with E-state index in [0.717, 1.165) is 6.54 Å². The maximum absolute atomic E-state index is 12.3. The Kier molecular flexibility index (Phi) is 4.63. The number of ether oxygens (including phenoxy) is 1. The summed E-state index contributed by atoms with van der Waals surface area (Å²) in [6, 6.07) is -0.00871. The van der Waals surface area contributed by atoms with E-state index in [-0.39, 0.29) is 18.6 Å². The maximum atomic E-state index is 12.3. The van der Waals surface area contributed by atoms with Gasteiger partial charge in [0.15, 0.2) is 0 Å². The van der Waals surface area contributed by atoms with Crippen molar-refractivity contribution < 1.29 is 19.4 Å². The van der Waals surface area contributed by atoms with Gasteiger partial charge in [-0.25, -0.2) is 4.79 Å². The number of nitrogens with zero attached hydrogens (tertiary/aromatic N) is 2. The van der Waals surface area contributed by atoms with E-state index in [2.05, 4.69) is 0 Å². The number of carboxylic acids is 1.